The monoisotopic (exact) mass is 447 g/mol. The van der Waals surface area contributed by atoms with Crippen LogP contribution < -0.4 is 0 Å². The van der Waals surface area contributed by atoms with Crippen LogP contribution in [-0.2, 0) is 13.5 Å². The van der Waals surface area contributed by atoms with Crippen molar-refractivity contribution in [1.29, 1.82) is 0 Å². The molecule has 0 bridgehead atoms. The number of nitrogens with zero attached hydrogens (tertiary/aromatic N) is 7. The first kappa shape index (κ1) is 20.9. The highest BCUT2D eigenvalue weighted by molar-refractivity contribution is 5.93. The molecule has 0 spiro atoms. The Morgan fingerprint density at radius 3 is 2.85 bits per heavy atom. The number of hydrogen-bond acceptors (Lipinski definition) is 7. The Balaban J connectivity index is 1.27. The molecule has 33 heavy (non-hydrogen) atoms. The van der Waals surface area contributed by atoms with Crippen molar-refractivity contribution in [3.05, 3.63) is 66.3 Å². The van der Waals surface area contributed by atoms with E-state index >= 15 is 0 Å². The fourth-order valence-electron chi connectivity index (χ4n) is 4.11. The summed E-state index contributed by atoms with van der Waals surface area (Å²) in [6.07, 6.45) is 7.20. The minimum Gasteiger partial charge on any atom is -0.339 e. The van der Waals surface area contributed by atoms with E-state index in [-0.39, 0.29) is 17.6 Å². The summed E-state index contributed by atoms with van der Waals surface area (Å²) in [7, 11) is 1.74. The highest BCUT2D eigenvalue weighted by Crippen LogP contribution is 2.25. The van der Waals surface area contributed by atoms with Crippen molar-refractivity contribution in [3.8, 4) is 22.8 Å². The number of rotatable bonds is 5. The van der Waals surface area contributed by atoms with Crippen molar-refractivity contribution in [2.75, 3.05) is 13.1 Å². The first-order valence-corrected chi connectivity index (χ1v) is 10.7. The number of amides is 1. The van der Waals surface area contributed by atoms with Crippen LogP contribution in [0.15, 0.2) is 53.4 Å². The van der Waals surface area contributed by atoms with Crippen LogP contribution in [0.2, 0.25) is 0 Å². The van der Waals surface area contributed by atoms with Crippen molar-refractivity contribution in [1.82, 2.24) is 34.8 Å². The molecule has 1 aromatic carbocycles. The molecule has 0 aliphatic carbocycles. The van der Waals surface area contributed by atoms with Gasteiger partial charge in [-0.15, -0.1) is 0 Å². The van der Waals surface area contributed by atoms with Gasteiger partial charge in [-0.05, 0) is 49.1 Å². The van der Waals surface area contributed by atoms with E-state index in [0.717, 1.165) is 18.4 Å². The molecule has 0 N–H and O–H groups in total. The van der Waals surface area contributed by atoms with Gasteiger partial charge in [0, 0.05) is 44.5 Å². The summed E-state index contributed by atoms with van der Waals surface area (Å²) in [6.45, 7) is 1.28. The Morgan fingerprint density at radius 1 is 1.21 bits per heavy atom. The summed E-state index contributed by atoms with van der Waals surface area (Å²) >= 11 is 0. The lowest BCUT2D eigenvalue weighted by Gasteiger charge is -2.32. The van der Waals surface area contributed by atoms with Gasteiger partial charge >= 0.3 is 0 Å². The average molecular weight is 447 g/mol. The lowest BCUT2D eigenvalue weighted by atomic mass is 9.94. The van der Waals surface area contributed by atoms with E-state index < -0.39 is 0 Å². The molecule has 1 atom stereocenters. The first-order chi connectivity index (χ1) is 16.1. The molecule has 0 radical (unpaired) electrons. The van der Waals surface area contributed by atoms with Crippen LogP contribution >= 0.6 is 0 Å². The van der Waals surface area contributed by atoms with Gasteiger partial charge in [0.05, 0.1) is 11.9 Å². The van der Waals surface area contributed by atoms with Crippen LogP contribution in [-0.4, -0.2) is 53.8 Å². The fraction of sp³-hybridized carbons (Fsp3) is 0.304. The average Bonchev–Trinajstić information content (AvgIpc) is 3.46. The van der Waals surface area contributed by atoms with E-state index in [1.165, 1.54) is 12.1 Å². The summed E-state index contributed by atoms with van der Waals surface area (Å²) in [5.41, 5.74) is 2.45. The van der Waals surface area contributed by atoms with Crippen LogP contribution in [0.4, 0.5) is 4.39 Å². The summed E-state index contributed by atoms with van der Waals surface area (Å²) in [5, 5.41) is 8.45. The quantitative estimate of drug-likeness (QED) is 0.463. The Bertz CT molecular complexity index is 1250. The van der Waals surface area contributed by atoms with Gasteiger partial charge in [0.2, 0.25) is 11.7 Å². The standard InChI is InChI=1S/C23H22FN7O2/c1-30-20(12-18(28-30)16-4-6-17(24)7-5-16)23(32)31-10-2-3-15(14-31)11-21-27-22(29-33-21)19-13-25-8-9-26-19/h4-9,12-13,15H,2-3,10-11,14H2,1H3. The van der Waals surface area contributed by atoms with E-state index in [1.807, 2.05) is 4.90 Å². The lowest BCUT2D eigenvalue weighted by Crippen LogP contribution is -2.41. The third kappa shape index (κ3) is 4.50. The Hall–Kier alpha value is -3.95. The number of halogens is 1. The van der Waals surface area contributed by atoms with Crippen LogP contribution in [0.25, 0.3) is 22.8 Å². The summed E-state index contributed by atoms with van der Waals surface area (Å²) in [4.78, 5) is 27.7. The SMILES string of the molecule is Cn1nc(-c2ccc(F)cc2)cc1C(=O)N1CCCC(Cc2nc(-c3cnccn3)no2)C1. The van der Waals surface area contributed by atoms with Gasteiger partial charge in [-0.2, -0.15) is 10.1 Å². The van der Waals surface area contributed by atoms with Gasteiger partial charge < -0.3 is 9.42 Å². The molecular weight excluding hydrogens is 425 g/mol. The van der Waals surface area contributed by atoms with Crippen molar-refractivity contribution in [2.24, 2.45) is 13.0 Å². The molecule has 9 nitrogen and oxygen atoms in total. The van der Waals surface area contributed by atoms with Gasteiger partial charge in [-0.1, -0.05) is 5.16 Å². The summed E-state index contributed by atoms with van der Waals surface area (Å²) in [6, 6.07) is 7.83. The third-order valence-corrected chi connectivity index (χ3v) is 5.77. The van der Waals surface area contributed by atoms with Crippen molar-refractivity contribution in [2.45, 2.75) is 19.3 Å². The minimum absolute atomic E-state index is 0.0751. The van der Waals surface area contributed by atoms with E-state index in [0.29, 0.717) is 48.3 Å². The smallest absolute Gasteiger partial charge is 0.272 e. The lowest BCUT2D eigenvalue weighted by molar-refractivity contribution is 0.0657. The van der Waals surface area contributed by atoms with Crippen LogP contribution in [0, 0.1) is 11.7 Å². The number of hydrogen-bond donors (Lipinski definition) is 0. The Morgan fingerprint density at radius 2 is 2.06 bits per heavy atom. The molecule has 1 aliphatic rings. The van der Waals surface area contributed by atoms with E-state index in [1.54, 1.807) is 48.5 Å². The van der Waals surface area contributed by atoms with Crippen molar-refractivity contribution < 1.29 is 13.7 Å². The maximum atomic E-state index is 13.2. The second-order valence-electron chi connectivity index (χ2n) is 8.11. The van der Waals surface area contributed by atoms with Crippen LogP contribution in [0.3, 0.4) is 0 Å². The molecule has 1 saturated heterocycles. The molecule has 4 aromatic rings. The largest absolute Gasteiger partial charge is 0.339 e. The number of piperidine rings is 1. The van der Waals surface area contributed by atoms with Gasteiger partial charge in [0.15, 0.2) is 0 Å². The summed E-state index contributed by atoms with van der Waals surface area (Å²) < 4.78 is 20.2. The fourth-order valence-corrected chi connectivity index (χ4v) is 4.11. The normalized spacial score (nSPS) is 16.2. The molecule has 4 heterocycles. The van der Waals surface area contributed by atoms with Gasteiger partial charge in [-0.3, -0.25) is 14.5 Å². The maximum absolute atomic E-state index is 13.2. The van der Waals surface area contributed by atoms with E-state index in [9.17, 15) is 9.18 Å². The number of aromatic nitrogens is 6. The van der Waals surface area contributed by atoms with E-state index in [4.69, 9.17) is 4.52 Å². The first-order valence-electron chi connectivity index (χ1n) is 10.7. The zero-order valence-corrected chi connectivity index (χ0v) is 18.1. The predicted octanol–water partition coefficient (Wildman–Crippen LogP) is 3.16. The third-order valence-electron chi connectivity index (χ3n) is 5.77. The molecule has 168 valence electrons. The maximum Gasteiger partial charge on any atom is 0.272 e. The minimum atomic E-state index is -0.310. The molecule has 1 unspecified atom stereocenters. The number of benzene rings is 1. The number of carbonyl (C=O) groups is 1. The van der Waals surface area contributed by atoms with Gasteiger partial charge in [0.25, 0.3) is 5.91 Å². The van der Waals surface area contributed by atoms with Gasteiger partial charge in [-0.25, -0.2) is 9.37 Å². The molecule has 10 heteroatoms. The molecule has 1 amide bonds. The molecule has 5 rings (SSSR count). The van der Waals surface area contributed by atoms with Gasteiger partial charge in [0.1, 0.15) is 17.2 Å². The highest BCUT2D eigenvalue weighted by atomic mass is 19.1. The Kier molecular flexibility index (Phi) is 5.64. The number of carbonyl (C=O) groups excluding carboxylic acids is 1. The number of aryl methyl sites for hydroxylation is 1. The van der Waals surface area contributed by atoms with Crippen LogP contribution in [0.5, 0.6) is 0 Å². The van der Waals surface area contributed by atoms with Crippen molar-refractivity contribution >= 4 is 5.91 Å². The molecule has 1 aliphatic heterocycles. The highest BCUT2D eigenvalue weighted by Gasteiger charge is 2.28. The number of likely N-dealkylation sites (tertiary alicyclic amines) is 1. The molecular formula is C23H22FN7O2. The molecule has 1 fully saturated rings. The topological polar surface area (TPSA) is 103 Å². The zero-order valence-electron chi connectivity index (χ0n) is 18.1. The molecule has 3 aromatic heterocycles. The summed E-state index contributed by atoms with van der Waals surface area (Å²) in [5.74, 6) is 0.756. The Labute approximate surface area is 189 Å². The van der Waals surface area contributed by atoms with E-state index in [2.05, 4.69) is 25.2 Å². The van der Waals surface area contributed by atoms with Crippen molar-refractivity contribution in [3.63, 3.8) is 0 Å². The molecule has 0 saturated carbocycles. The second kappa shape index (κ2) is 8.89. The zero-order chi connectivity index (χ0) is 22.8. The van der Waals surface area contributed by atoms with Crippen LogP contribution in [0.1, 0.15) is 29.2 Å². The second-order valence-corrected chi connectivity index (χ2v) is 8.11. The predicted molar refractivity (Wildman–Crippen MR) is 116 cm³/mol.